The second-order valence-electron chi connectivity index (χ2n) is 4.19. The molecule has 0 unspecified atom stereocenters. The molecule has 0 atom stereocenters. The van der Waals surface area contributed by atoms with E-state index in [2.05, 4.69) is 15.5 Å². The van der Waals surface area contributed by atoms with E-state index in [9.17, 15) is 0 Å². The van der Waals surface area contributed by atoms with Crippen LogP contribution in [-0.2, 0) is 0 Å². The second kappa shape index (κ2) is 4.73. The van der Waals surface area contributed by atoms with Gasteiger partial charge in [0.25, 0.3) is 0 Å². The summed E-state index contributed by atoms with van der Waals surface area (Å²) in [7, 11) is 0. The first kappa shape index (κ1) is 11.9. The first-order valence-electron chi connectivity index (χ1n) is 5.32. The molecule has 6 heteroatoms. The molecule has 1 aliphatic carbocycles. The largest absolute Gasteiger partial charge is 0.376 e. The molecule has 1 aromatic heterocycles. The van der Waals surface area contributed by atoms with Crippen molar-refractivity contribution >= 4 is 28.9 Å². The smallest absolute Gasteiger partial charge is 0.174 e. The lowest BCUT2D eigenvalue weighted by molar-refractivity contribution is 0.493. The summed E-state index contributed by atoms with van der Waals surface area (Å²) in [4.78, 5) is 0. The van der Waals surface area contributed by atoms with Crippen LogP contribution in [0.2, 0.25) is 10.3 Å². The van der Waals surface area contributed by atoms with Gasteiger partial charge in [-0.3, -0.25) is 0 Å². The van der Waals surface area contributed by atoms with Gasteiger partial charge in [-0.15, -0.1) is 10.2 Å². The van der Waals surface area contributed by atoms with E-state index in [1.165, 1.54) is 12.8 Å². The van der Waals surface area contributed by atoms with Crippen molar-refractivity contribution in [3.8, 4) is 0 Å². The molecule has 1 aromatic rings. The molecule has 0 radical (unpaired) electrons. The average molecular weight is 261 g/mol. The Morgan fingerprint density at radius 3 is 2.62 bits per heavy atom. The Hall–Kier alpha value is -0.580. The number of nitrogens with two attached hydrogens (primary N) is 1. The maximum Gasteiger partial charge on any atom is 0.174 e. The van der Waals surface area contributed by atoms with Gasteiger partial charge in [0.2, 0.25) is 0 Å². The van der Waals surface area contributed by atoms with Gasteiger partial charge in [-0.2, -0.15) is 0 Å². The molecule has 88 valence electrons. The fourth-order valence-corrected chi connectivity index (χ4v) is 2.44. The van der Waals surface area contributed by atoms with E-state index in [1.807, 2.05) is 0 Å². The monoisotopic (exact) mass is 260 g/mol. The summed E-state index contributed by atoms with van der Waals surface area (Å²) in [6.45, 7) is 0.587. The van der Waals surface area contributed by atoms with Gasteiger partial charge >= 0.3 is 0 Å². The van der Waals surface area contributed by atoms with Gasteiger partial charge in [0, 0.05) is 18.2 Å². The SMILES string of the molecule is NCC1(Nc2cc(Cl)nnc2Cl)CCCC1. The normalized spacial score (nSPS) is 18.7. The van der Waals surface area contributed by atoms with Gasteiger partial charge in [-0.25, -0.2) is 0 Å². The van der Waals surface area contributed by atoms with Crippen molar-refractivity contribution in [2.45, 2.75) is 31.2 Å². The number of aromatic nitrogens is 2. The molecule has 16 heavy (non-hydrogen) atoms. The van der Waals surface area contributed by atoms with Gasteiger partial charge in [0.15, 0.2) is 10.3 Å². The summed E-state index contributed by atoms with van der Waals surface area (Å²) < 4.78 is 0. The number of hydrogen-bond donors (Lipinski definition) is 2. The van der Waals surface area contributed by atoms with Gasteiger partial charge < -0.3 is 11.1 Å². The highest BCUT2D eigenvalue weighted by Gasteiger charge is 2.32. The van der Waals surface area contributed by atoms with E-state index in [1.54, 1.807) is 6.07 Å². The van der Waals surface area contributed by atoms with Crippen LogP contribution >= 0.6 is 23.2 Å². The summed E-state index contributed by atoms with van der Waals surface area (Å²) in [6.07, 6.45) is 4.49. The quantitative estimate of drug-likeness (QED) is 0.877. The molecule has 0 aliphatic heterocycles. The van der Waals surface area contributed by atoms with Crippen molar-refractivity contribution in [2.75, 3.05) is 11.9 Å². The Morgan fingerprint density at radius 2 is 2.00 bits per heavy atom. The summed E-state index contributed by atoms with van der Waals surface area (Å²) in [6, 6.07) is 1.69. The molecule has 3 N–H and O–H groups in total. The summed E-state index contributed by atoms with van der Waals surface area (Å²) in [5, 5.41) is 11.5. The lowest BCUT2D eigenvalue weighted by Gasteiger charge is -2.30. The maximum absolute atomic E-state index is 5.96. The Labute approximate surface area is 105 Å². The molecule has 0 amide bonds. The third-order valence-corrected chi connectivity index (χ3v) is 3.53. The highest BCUT2D eigenvalue weighted by molar-refractivity contribution is 6.33. The number of nitrogens with zero attached hydrogens (tertiary/aromatic N) is 2. The van der Waals surface area contributed by atoms with Crippen molar-refractivity contribution < 1.29 is 0 Å². The number of rotatable bonds is 3. The predicted molar refractivity (Wildman–Crippen MR) is 65.9 cm³/mol. The minimum atomic E-state index is -0.0595. The highest BCUT2D eigenvalue weighted by Crippen LogP contribution is 2.34. The highest BCUT2D eigenvalue weighted by atomic mass is 35.5. The standard InChI is InChI=1S/C10H14Cl2N4/c11-8-5-7(9(12)16-15-8)14-10(6-13)3-1-2-4-10/h5H,1-4,6,13H2,(H,14,15). The second-order valence-corrected chi connectivity index (χ2v) is 4.93. The third kappa shape index (κ3) is 2.39. The summed E-state index contributed by atoms with van der Waals surface area (Å²) >= 11 is 11.7. The Balaban J connectivity index is 2.21. The molecular weight excluding hydrogens is 247 g/mol. The van der Waals surface area contributed by atoms with Crippen LogP contribution in [-0.4, -0.2) is 22.3 Å². The fourth-order valence-electron chi connectivity index (χ4n) is 2.16. The van der Waals surface area contributed by atoms with Crippen LogP contribution in [0.1, 0.15) is 25.7 Å². The van der Waals surface area contributed by atoms with E-state index in [0.29, 0.717) is 22.5 Å². The molecule has 1 fully saturated rings. The van der Waals surface area contributed by atoms with Crippen LogP contribution in [0.3, 0.4) is 0 Å². The first-order chi connectivity index (χ1) is 7.65. The number of nitrogens with one attached hydrogen (secondary N) is 1. The van der Waals surface area contributed by atoms with Crippen molar-refractivity contribution in [1.29, 1.82) is 0 Å². The van der Waals surface area contributed by atoms with Crippen LogP contribution < -0.4 is 11.1 Å². The van der Waals surface area contributed by atoms with Crippen molar-refractivity contribution in [3.05, 3.63) is 16.4 Å². The first-order valence-corrected chi connectivity index (χ1v) is 6.08. The summed E-state index contributed by atoms with van der Waals surface area (Å²) in [5.41, 5.74) is 6.49. The lowest BCUT2D eigenvalue weighted by atomic mass is 9.97. The zero-order valence-electron chi connectivity index (χ0n) is 8.84. The topological polar surface area (TPSA) is 63.8 Å². The molecule has 0 saturated heterocycles. The van der Waals surface area contributed by atoms with Crippen LogP contribution in [0.5, 0.6) is 0 Å². The number of halogens is 2. The molecule has 0 spiro atoms. The van der Waals surface area contributed by atoms with Crippen LogP contribution in [0.25, 0.3) is 0 Å². The molecule has 2 rings (SSSR count). The van der Waals surface area contributed by atoms with E-state index in [-0.39, 0.29) is 5.54 Å². The molecule has 1 aliphatic rings. The molecule has 1 heterocycles. The number of hydrogen-bond acceptors (Lipinski definition) is 4. The van der Waals surface area contributed by atoms with E-state index < -0.39 is 0 Å². The van der Waals surface area contributed by atoms with Crippen LogP contribution in [0, 0.1) is 0 Å². The lowest BCUT2D eigenvalue weighted by Crippen LogP contribution is -2.42. The van der Waals surface area contributed by atoms with E-state index in [4.69, 9.17) is 28.9 Å². The van der Waals surface area contributed by atoms with Crippen molar-refractivity contribution in [1.82, 2.24) is 10.2 Å². The van der Waals surface area contributed by atoms with Gasteiger partial charge in [0.05, 0.1) is 5.69 Å². The third-order valence-electron chi connectivity index (χ3n) is 3.07. The minimum absolute atomic E-state index is 0.0595. The molecule has 0 bridgehead atoms. The summed E-state index contributed by atoms with van der Waals surface area (Å²) in [5.74, 6) is 0. The van der Waals surface area contributed by atoms with Crippen molar-refractivity contribution in [3.63, 3.8) is 0 Å². The van der Waals surface area contributed by atoms with E-state index >= 15 is 0 Å². The Bertz CT molecular complexity index is 377. The Kier molecular flexibility index (Phi) is 3.52. The molecular formula is C10H14Cl2N4. The molecule has 0 aromatic carbocycles. The Morgan fingerprint density at radius 1 is 1.31 bits per heavy atom. The number of anilines is 1. The predicted octanol–water partition coefficient (Wildman–Crippen LogP) is 2.47. The maximum atomic E-state index is 5.96. The van der Waals surface area contributed by atoms with Crippen LogP contribution in [0.15, 0.2) is 6.07 Å². The van der Waals surface area contributed by atoms with Crippen molar-refractivity contribution in [2.24, 2.45) is 5.73 Å². The van der Waals surface area contributed by atoms with E-state index in [0.717, 1.165) is 12.8 Å². The van der Waals surface area contributed by atoms with Gasteiger partial charge in [0.1, 0.15) is 0 Å². The molecule has 4 nitrogen and oxygen atoms in total. The minimum Gasteiger partial charge on any atom is -0.376 e. The van der Waals surface area contributed by atoms with Gasteiger partial charge in [-0.1, -0.05) is 36.0 Å². The zero-order valence-corrected chi connectivity index (χ0v) is 10.4. The van der Waals surface area contributed by atoms with Gasteiger partial charge in [-0.05, 0) is 12.8 Å². The fraction of sp³-hybridized carbons (Fsp3) is 0.600. The average Bonchev–Trinajstić information content (AvgIpc) is 2.73. The molecule has 1 saturated carbocycles. The zero-order chi connectivity index (χ0) is 11.6. The van der Waals surface area contributed by atoms with Crippen LogP contribution in [0.4, 0.5) is 5.69 Å².